The van der Waals surface area contributed by atoms with Crippen molar-refractivity contribution in [3.8, 4) is 5.75 Å². The molecule has 2 rings (SSSR count). The van der Waals surface area contributed by atoms with Crippen molar-refractivity contribution in [1.82, 2.24) is 5.32 Å². The van der Waals surface area contributed by atoms with Crippen molar-refractivity contribution < 1.29 is 9.47 Å². The van der Waals surface area contributed by atoms with E-state index in [4.69, 9.17) is 9.47 Å². The van der Waals surface area contributed by atoms with Crippen LogP contribution in [0.3, 0.4) is 0 Å². The number of ether oxygens (including phenoxy) is 2. The van der Waals surface area contributed by atoms with Crippen LogP contribution in [0.2, 0.25) is 0 Å². The normalized spacial score (nSPS) is 18.4. The molecule has 1 N–H and O–H groups in total. The third-order valence-corrected chi connectivity index (χ3v) is 3.80. The van der Waals surface area contributed by atoms with Crippen LogP contribution in [0.25, 0.3) is 0 Å². The first-order valence-electron chi connectivity index (χ1n) is 7.85. The van der Waals surface area contributed by atoms with E-state index in [0.29, 0.717) is 6.10 Å². The predicted molar refractivity (Wildman–Crippen MR) is 82.3 cm³/mol. The van der Waals surface area contributed by atoms with Gasteiger partial charge in [0.1, 0.15) is 5.75 Å². The van der Waals surface area contributed by atoms with Crippen LogP contribution in [0.1, 0.15) is 43.7 Å². The maximum atomic E-state index is 6.03. The number of nitrogens with one attached hydrogen (secondary N) is 1. The van der Waals surface area contributed by atoms with Crippen molar-refractivity contribution in [3.63, 3.8) is 0 Å². The smallest absolute Gasteiger partial charge is 0.126 e. The molecule has 0 radical (unpaired) electrons. The third-order valence-electron chi connectivity index (χ3n) is 3.80. The Labute approximate surface area is 122 Å². The summed E-state index contributed by atoms with van der Waals surface area (Å²) in [6.07, 6.45) is 5.09. The molecule has 1 aliphatic heterocycles. The molecule has 0 amide bonds. The summed E-state index contributed by atoms with van der Waals surface area (Å²) in [5.74, 6) is 1.06. The summed E-state index contributed by atoms with van der Waals surface area (Å²) in [4.78, 5) is 0. The molecule has 20 heavy (non-hydrogen) atoms. The number of hydrogen-bond donors (Lipinski definition) is 1. The quantitative estimate of drug-likeness (QED) is 0.738. The Kier molecular flexibility index (Phi) is 6.34. The summed E-state index contributed by atoms with van der Waals surface area (Å²) in [6, 6.07) is 6.36. The molecule has 0 aromatic heterocycles. The predicted octanol–water partition coefficient (Wildman–Crippen LogP) is 3.44. The van der Waals surface area contributed by atoms with E-state index in [0.717, 1.165) is 44.9 Å². The van der Waals surface area contributed by atoms with Crippen molar-refractivity contribution in [2.24, 2.45) is 0 Å². The monoisotopic (exact) mass is 277 g/mol. The lowest BCUT2D eigenvalue weighted by molar-refractivity contribution is 0.0980. The van der Waals surface area contributed by atoms with Gasteiger partial charge in [0.05, 0.1) is 12.7 Å². The van der Waals surface area contributed by atoms with E-state index in [1.807, 2.05) is 0 Å². The number of benzene rings is 1. The van der Waals surface area contributed by atoms with Crippen molar-refractivity contribution in [1.29, 1.82) is 0 Å². The highest BCUT2D eigenvalue weighted by Gasteiger charge is 2.15. The second kappa shape index (κ2) is 8.28. The van der Waals surface area contributed by atoms with E-state index in [9.17, 15) is 0 Å². The minimum Gasteiger partial charge on any atom is -0.493 e. The van der Waals surface area contributed by atoms with Gasteiger partial charge < -0.3 is 14.8 Å². The minimum atomic E-state index is 0.469. The molecule has 1 unspecified atom stereocenters. The fourth-order valence-corrected chi connectivity index (χ4v) is 2.68. The first-order chi connectivity index (χ1) is 9.81. The van der Waals surface area contributed by atoms with Crippen molar-refractivity contribution in [2.75, 3.05) is 19.8 Å². The van der Waals surface area contributed by atoms with Gasteiger partial charge in [0.25, 0.3) is 0 Å². The Morgan fingerprint density at radius 2 is 2.30 bits per heavy atom. The van der Waals surface area contributed by atoms with Gasteiger partial charge in [0.15, 0.2) is 0 Å². The standard InChI is InChI=1S/C17H27NO2/c1-3-18-13-15-8-4-7-14(2)17(15)20-12-6-10-16-9-5-11-19-16/h4,7-8,16,18H,3,5-6,9-13H2,1-2H3. The molecule has 1 aromatic carbocycles. The zero-order valence-corrected chi connectivity index (χ0v) is 12.8. The fraction of sp³-hybridized carbons (Fsp3) is 0.647. The van der Waals surface area contributed by atoms with Crippen LogP contribution in [-0.4, -0.2) is 25.9 Å². The lowest BCUT2D eigenvalue weighted by Gasteiger charge is -2.15. The van der Waals surface area contributed by atoms with Gasteiger partial charge >= 0.3 is 0 Å². The van der Waals surface area contributed by atoms with E-state index in [2.05, 4.69) is 37.4 Å². The Balaban J connectivity index is 1.81. The van der Waals surface area contributed by atoms with Crippen LogP contribution < -0.4 is 10.1 Å². The molecule has 3 nitrogen and oxygen atoms in total. The zero-order valence-electron chi connectivity index (χ0n) is 12.8. The average Bonchev–Trinajstić information content (AvgIpc) is 2.96. The van der Waals surface area contributed by atoms with Crippen molar-refractivity contribution in [3.05, 3.63) is 29.3 Å². The molecule has 112 valence electrons. The molecule has 0 spiro atoms. The summed E-state index contributed by atoms with van der Waals surface area (Å²) in [5, 5.41) is 3.37. The van der Waals surface area contributed by atoms with Crippen molar-refractivity contribution in [2.45, 2.75) is 52.2 Å². The lowest BCUT2D eigenvalue weighted by atomic mass is 10.1. The van der Waals surface area contributed by atoms with E-state index in [-0.39, 0.29) is 0 Å². The molecule has 0 saturated carbocycles. The highest BCUT2D eigenvalue weighted by atomic mass is 16.5. The third kappa shape index (κ3) is 4.50. The molecular formula is C17H27NO2. The second-order valence-electron chi connectivity index (χ2n) is 5.47. The minimum absolute atomic E-state index is 0.469. The van der Waals surface area contributed by atoms with Crippen LogP contribution in [0, 0.1) is 6.92 Å². The van der Waals surface area contributed by atoms with Gasteiger partial charge in [-0.1, -0.05) is 25.1 Å². The topological polar surface area (TPSA) is 30.5 Å². The zero-order chi connectivity index (χ0) is 14.2. The molecule has 0 bridgehead atoms. The number of rotatable bonds is 8. The van der Waals surface area contributed by atoms with Crippen LogP contribution in [0.5, 0.6) is 5.75 Å². The molecule has 0 aliphatic carbocycles. The van der Waals surface area contributed by atoms with Crippen LogP contribution in [0.15, 0.2) is 18.2 Å². The Hall–Kier alpha value is -1.06. The van der Waals surface area contributed by atoms with Crippen LogP contribution in [0.4, 0.5) is 0 Å². The highest BCUT2D eigenvalue weighted by Crippen LogP contribution is 2.24. The maximum absolute atomic E-state index is 6.03. The molecule has 1 saturated heterocycles. The van der Waals surface area contributed by atoms with E-state index >= 15 is 0 Å². The van der Waals surface area contributed by atoms with Gasteiger partial charge in [-0.2, -0.15) is 0 Å². The first-order valence-corrected chi connectivity index (χ1v) is 7.85. The number of hydrogen-bond acceptors (Lipinski definition) is 3. The van der Waals surface area contributed by atoms with E-state index in [1.165, 1.54) is 24.0 Å². The summed E-state index contributed by atoms with van der Waals surface area (Å²) >= 11 is 0. The average molecular weight is 277 g/mol. The van der Waals surface area contributed by atoms with Crippen LogP contribution in [-0.2, 0) is 11.3 Å². The highest BCUT2D eigenvalue weighted by molar-refractivity contribution is 5.40. The van der Waals surface area contributed by atoms with Gasteiger partial charge in [0.2, 0.25) is 0 Å². The van der Waals surface area contributed by atoms with Gasteiger partial charge in [0, 0.05) is 18.7 Å². The maximum Gasteiger partial charge on any atom is 0.126 e. The Bertz CT molecular complexity index is 400. The van der Waals surface area contributed by atoms with Crippen LogP contribution >= 0.6 is 0 Å². The summed E-state index contributed by atoms with van der Waals surface area (Å²) < 4.78 is 11.7. The molecule has 1 aromatic rings. The number of para-hydroxylation sites is 1. The first kappa shape index (κ1) is 15.3. The SMILES string of the molecule is CCNCc1cccc(C)c1OCCCC1CCCO1. The lowest BCUT2D eigenvalue weighted by Crippen LogP contribution is -2.14. The Morgan fingerprint density at radius 3 is 3.05 bits per heavy atom. The second-order valence-corrected chi connectivity index (χ2v) is 5.47. The molecule has 1 heterocycles. The largest absolute Gasteiger partial charge is 0.493 e. The molecule has 1 fully saturated rings. The molecule has 1 aliphatic rings. The van der Waals surface area contributed by atoms with E-state index < -0.39 is 0 Å². The van der Waals surface area contributed by atoms with Gasteiger partial charge in [-0.05, 0) is 44.7 Å². The number of aryl methyl sites for hydroxylation is 1. The summed E-state index contributed by atoms with van der Waals surface area (Å²) in [6.45, 7) is 7.81. The van der Waals surface area contributed by atoms with Gasteiger partial charge in [-0.3, -0.25) is 0 Å². The fourth-order valence-electron chi connectivity index (χ4n) is 2.68. The molecular weight excluding hydrogens is 250 g/mol. The molecule has 3 heteroatoms. The van der Waals surface area contributed by atoms with Crippen molar-refractivity contribution >= 4 is 0 Å². The molecule has 1 atom stereocenters. The van der Waals surface area contributed by atoms with Gasteiger partial charge in [-0.15, -0.1) is 0 Å². The summed E-state index contributed by atoms with van der Waals surface area (Å²) in [7, 11) is 0. The van der Waals surface area contributed by atoms with Gasteiger partial charge in [-0.25, -0.2) is 0 Å². The Morgan fingerprint density at radius 1 is 1.40 bits per heavy atom. The summed E-state index contributed by atoms with van der Waals surface area (Å²) in [5.41, 5.74) is 2.47. The van der Waals surface area contributed by atoms with E-state index in [1.54, 1.807) is 0 Å².